The molecule has 1 rings (SSSR count). The van der Waals surface area contributed by atoms with Crippen molar-refractivity contribution in [1.82, 2.24) is 4.90 Å². The van der Waals surface area contributed by atoms with Crippen LogP contribution in [0.5, 0.6) is 0 Å². The van der Waals surface area contributed by atoms with E-state index >= 15 is 0 Å². The Hall–Kier alpha value is -0.610. The van der Waals surface area contributed by atoms with Gasteiger partial charge in [0.05, 0.1) is 12.5 Å². The maximum atomic E-state index is 12.1. The Kier molecular flexibility index (Phi) is 5.92. The molecule has 0 heterocycles. The number of carbonyl (C=O) groups is 1. The highest BCUT2D eigenvalue weighted by atomic mass is 16.5. The van der Waals surface area contributed by atoms with Crippen LogP contribution in [-0.2, 0) is 9.53 Å². The number of hydrogen-bond donors (Lipinski definition) is 1. The lowest BCUT2D eigenvalue weighted by molar-refractivity contribution is -0.135. The zero-order chi connectivity index (χ0) is 12.8. The Morgan fingerprint density at radius 2 is 2.24 bits per heavy atom. The SMILES string of the molecule is COC(CN)CC(=O)N(C)C1CCCC(C)C1. The summed E-state index contributed by atoms with van der Waals surface area (Å²) in [6.45, 7) is 2.67. The van der Waals surface area contributed by atoms with Gasteiger partial charge in [0.25, 0.3) is 0 Å². The first-order valence-corrected chi connectivity index (χ1v) is 6.57. The van der Waals surface area contributed by atoms with Gasteiger partial charge in [-0.2, -0.15) is 0 Å². The van der Waals surface area contributed by atoms with Gasteiger partial charge in [0.15, 0.2) is 0 Å². The summed E-state index contributed by atoms with van der Waals surface area (Å²) >= 11 is 0. The molecule has 3 unspecified atom stereocenters. The Balaban J connectivity index is 2.45. The smallest absolute Gasteiger partial charge is 0.225 e. The molecular weight excluding hydrogens is 216 g/mol. The van der Waals surface area contributed by atoms with E-state index in [4.69, 9.17) is 10.5 Å². The van der Waals surface area contributed by atoms with E-state index in [1.165, 1.54) is 12.8 Å². The fraction of sp³-hybridized carbons (Fsp3) is 0.923. The lowest BCUT2D eigenvalue weighted by atomic mass is 9.86. The Labute approximate surface area is 104 Å². The van der Waals surface area contributed by atoms with Gasteiger partial charge in [-0.15, -0.1) is 0 Å². The van der Waals surface area contributed by atoms with Crippen LogP contribution in [0.1, 0.15) is 39.0 Å². The van der Waals surface area contributed by atoms with Crippen LogP contribution < -0.4 is 5.73 Å². The molecule has 0 aliphatic heterocycles. The summed E-state index contributed by atoms with van der Waals surface area (Å²) < 4.78 is 5.16. The minimum Gasteiger partial charge on any atom is -0.380 e. The first-order valence-electron chi connectivity index (χ1n) is 6.57. The van der Waals surface area contributed by atoms with E-state index in [2.05, 4.69) is 6.92 Å². The van der Waals surface area contributed by atoms with E-state index in [0.29, 0.717) is 19.0 Å². The van der Waals surface area contributed by atoms with Crippen LogP contribution in [0.4, 0.5) is 0 Å². The van der Waals surface area contributed by atoms with E-state index in [9.17, 15) is 4.79 Å². The third-order valence-corrected chi connectivity index (χ3v) is 3.85. The number of carbonyl (C=O) groups excluding carboxylic acids is 1. The van der Waals surface area contributed by atoms with Crippen molar-refractivity contribution in [2.24, 2.45) is 11.7 Å². The molecular formula is C13H26N2O2. The van der Waals surface area contributed by atoms with Crippen molar-refractivity contribution < 1.29 is 9.53 Å². The van der Waals surface area contributed by atoms with Gasteiger partial charge in [-0.1, -0.05) is 19.8 Å². The van der Waals surface area contributed by atoms with E-state index in [0.717, 1.165) is 18.8 Å². The number of ether oxygens (including phenoxy) is 1. The van der Waals surface area contributed by atoms with Crippen molar-refractivity contribution in [1.29, 1.82) is 0 Å². The van der Waals surface area contributed by atoms with Crippen LogP contribution in [0.25, 0.3) is 0 Å². The zero-order valence-corrected chi connectivity index (χ0v) is 11.3. The van der Waals surface area contributed by atoms with Crippen LogP contribution in [0.3, 0.4) is 0 Å². The standard InChI is InChI=1S/C13H26N2O2/c1-10-5-4-6-11(7-10)15(2)13(16)8-12(9-14)17-3/h10-12H,4-9,14H2,1-3H3. The summed E-state index contributed by atoms with van der Waals surface area (Å²) in [7, 11) is 3.52. The first-order chi connectivity index (χ1) is 8.08. The molecule has 1 aliphatic carbocycles. The lowest BCUT2D eigenvalue weighted by Crippen LogP contribution is -2.42. The molecule has 0 aromatic heterocycles. The fourth-order valence-corrected chi connectivity index (χ4v) is 2.56. The normalized spacial score (nSPS) is 26.6. The zero-order valence-electron chi connectivity index (χ0n) is 11.3. The van der Waals surface area contributed by atoms with Crippen LogP contribution >= 0.6 is 0 Å². The second kappa shape index (κ2) is 6.97. The molecule has 1 amide bonds. The summed E-state index contributed by atoms with van der Waals surface area (Å²) in [5.41, 5.74) is 5.54. The largest absolute Gasteiger partial charge is 0.380 e. The fourth-order valence-electron chi connectivity index (χ4n) is 2.56. The molecule has 0 saturated heterocycles. The number of amides is 1. The van der Waals surface area contributed by atoms with E-state index in [1.54, 1.807) is 7.11 Å². The van der Waals surface area contributed by atoms with Crippen LogP contribution in [0.2, 0.25) is 0 Å². The number of nitrogens with two attached hydrogens (primary N) is 1. The maximum Gasteiger partial charge on any atom is 0.225 e. The third-order valence-electron chi connectivity index (χ3n) is 3.85. The summed E-state index contributed by atoms with van der Waals surface area (Å²) in [6.07, 6.45) is 5.03. The van der Waals surface area contributed by atoms with Gasteiger partial charge in [0.1, 0.15) is 0 Å². The first kappa shape index (κ1) is 14.5. The van der Waals surface area contributed by atoms with Crippen molar-refractivity contribution in [3.05, 3.63) is 0 Å². The summed E-state index contributed by atoms with van der Waals surface area (Å²) in [6, 6.07) is 0.404. The summed E-state index contributed by atoms with van der Waals surface area (Å²) in [5, 5.41) is 0. The van der Waals surface area contributed by atoms with Crippen LogP contribution in [-0.4, -0.2) is 43.7 Å². The molecule has 1 saturated carbocycles. The van der Waals surface area contributed by atoms with Gasteiger partial charge in [-0.25, -0.2) is 0 Å². The van der Waals surface area contributed by atoms with Gasteiger partial charge >= 0.3 is 0 Å². The Morgan fingerprint density at radius 3 is 2.76 bits per heavy atom. The van der Waals surface area contributed by atoms with E-state index in [1.807, 2.05) is 11.9 Å². The number of methoxy groups -OCH3 is 1. The molecule has 4 nitrogen and oxygen atoms in total. The molecule has 4 heteroatoms. The number of nitrogens with zero attached hydrogens (tertiary/aromatic N) is 1. The van der Waals surface area contributed by atoms with Crippen molar-refractivity contribution in [2.45, 2.75) is 51.2 Å². The third kappa shape index (κ3) is 4.28. The maximum absolute atomic E-state index is 12.1. The van der Waals surface area contributed by atoms with Gasteiger partial charge in [-0.05, 0) is 18.8 Å². The molecule has 1 aliphatic rings. The summed E-state index contributed by atoms with van der Waals surface area (Å²) in [5.74, 6) is 0.887. The molecule has 0 aromatic carbocycles. The number of hydrogen-bond acceptors (Lipinski definition) is 3. The highest BCUT2D eigenvalue weighted by Gasteiger charge is 2.26. The topological polar surface area (TPSA) is 55.6 Å². The molecule has 17 heavy (non-hydrogen) atoms. The highest BCUT2D eigenvalue weighted by molar-refractivity contribution is 5.76. The molecule has 0 radical (unpaired) electrons. The Bertz CT molecular complexity index is 242. The quantitative estimate of drug-likeness (QED) is 0.792. The van der Waals surface area contributed by atoms with Crippen molar-refractivity contribution in [3.8, 4) is 0 Å². The average Bonchev–Trinajstić information content (AvgIpc) is 2.34. The minimum atomic E-state index is -0.147. The number of rotatable bonds is 5. The second-order valence-electron chi connectivity index (χ2n) is 5.23. The highest BCUT2D eigenvalue weighted by Crippen LogP contribution is 2.27. The van der Waals surface area contributed by atoms with Crippen molar-refractivity contribution in [2.75, 3.05) is 20.7 Å². The molecule has 0 aromatic rings. The van der Waals surface area contributed by atoms with Crippen LogP contribution in [0, 0.1) is 5.92 Å². The molecule has 3 atom stereocenters. The summed E-state index contributed by atoms with van der Waals surface area (Å²) in [4.78, 5) is 14.0. The van der Waals surface area contributed by atoms with Gasteiger partial charge in [-0.3, -0.25) is 4.79 Å². The molecule has 2 N–H and O–H groups in total. The average molecular weight is 242 g/mol. The second-order valence-corrected chi connectivity index (χ2v) is 5.23. The van der Waals surface area contributed by atoms with E-state index in [-0.39, 0.29) is 12.0 Å². The predicted octanol–water partition coefficient (Wildman–Crippen LogP) is 1.39. The lowest BCUT2D eigenvalue weighted by Gasteiger charge is -2.34. The molecule has 1 fully saturated rings. The van der Waals surface area contributed by atoms with Crippen LogP contribution in [0.15, 0.2) is 0 Å². The predicted molar refractivity (Wildman–Crippen MR) is 68.7 cm³/mol. The molecule has 0 spiro atoms. The van der Waals surface area contributed by atoms with Crippen molar-refractivity contribution >= 4 is 5.91 Å². The van der Waals surface area contributed by atoms with Gasteiger partial charge in [0, 0.05) is 26.7 Å². The monoisotopic (exact) mass is 242 g/mol. The van der Waals surface area contributed by atoms with E-state index < -0.39 is 0 Å². The van der Waals surface area contributed by atoms with Gasteiger partial charge in [0.2, 0.25) is 5.91 Å². The Morgan fingerprint density at radius 1 is 1.53 bits per heavy atom. The molecule has 0 bridgehead atoms. The van der Waals surface area contributed by atoms with Gasteiger partial charge < -0.3 is 15.4 Å². The van der Waals surface area contributed by atoms with Crippen molar-refractivity contribution in [3.63, 3.8) is 0 Å². The minimum absolute atomic E-state index is 0.147. The molecule has 100 valence electrons.